The Morgan fingerprint density at radius 3 is 2.50 bits per heavy atom. The summed E-state index contributed by atoms with van der Waals surface area (Å²) in [7, 11) is 0. The summed E-state index contributed by atoms with van der Waals surface area (Å²) in [4.78, 5) is 9.39. The highest BCUT2D eigenvalue weighted by atomic mass is 35.5. The summed E-state index contributed by atoms with van der Waals surface area (Å²) in [5, 5.41) is 1.63. The van der Waals surface area contributed by atoms with Gasteiger partial charge in [0, 0.05) is 11.9 Å². The van der Waals surface area contributed by atoms with E-state index in [1.807, 2.05) is 10.6 Å². The fourth-order valence-corrected chi connectivity index (χ4v) is 3.35. The first-order valence-electron chi connectivity index (χ1n) is 7.83. The van der Waals surface area contributed by atoms with Gasteiger partial charge in [0.15, 0.2) is 5.65 Å². The van der Waals surface area contributed by atoms with E-state index in [0.29, 0.717) is 44.3 Å². The summed E-state index contributed by atoms with van der Waals surface area (Å²) in [5.74, 6) is -0.261. The van der Waals surface area contributed by atoms with Gasteiger partial charge in [0.05, 0.1) is 26.6 Å². The quantitative estimate of drug-likeness (QED) is 0.449. The summed E-state index contributed by atoms with van der Waals surface area (Å²) in [6, 6.07) is 8.43. The van der Waals surface area contributed by atoms with Crippen molar-refractivity contribution in [1.82, 2.24) is 14.5 Å². The topological polar surface area (TPSA) is 30.7 Å². The fourth-order valence-electron chi connectivity index (χ4n) is 3.03. The van der Waals surface area contributed by atoms with Crippen LogP contribution < -0.4 is 0 Å². The van der Waals surface area contributed by atoms with Gasteiger partial charge in [-0.2, -0.15) is 0 Å². The molecule has 4 aromatic rings. The molecule has 0 bridgehead atoms. The molecule has 4 rings (SSSR count). The molecule has 0 radical (unpaired) electrons. The second-order valence-electron chi connectivity index (χ2n) is 5.79. The summed E-state index contributed by atoms with van der Waals surface area (Å²) in [5.41, 5.74) is 3.21. The predicted octanol–water partition coefficient (Wildman–Crippen LogP) is 5.98. The van der Waals surface area contributed by atoms with Crippen molar-refractivity contribution in [3.63, 3.8) is 0 Å². The molecule has 2 heterocycles. The minimum absolute atomic E-state index is 0.261. The molecule has 0 N–H and O–H groups in total. The molecular formula is C18H14Cl2FN3. The third-order valence-corrected chi connectivity index (χ3v) is 4.91. The van der Waals surface area contributed by atoms with Crippen molar-refractivity contribution in [2.75, 3.05) is 0 Å². The van der Waals surface area contributed by atoms with E-state index in [1.165, 1.54) is 6.07 Å². The van der Waals surface area contributed by atoms with E-state index in [-0.39, 0.29) is 5.82 Å². The first-order chi connectivity index (χ1) is 11.6. The van der Waals surface area contributed by atoms with Crippen LogP contribution in [-0.4, -0.2) is 14.5 Å². The van der Waals surface area contributed by atoms with E-state index >= 15 is 0 Å². The van der Waals surface area contributed by atoms with Crippen LogP contribution in [0.4, 0.5) is 4.39 Å². The highest BCUT2D eigenvalue weighted by Gasteiger charge is 2.17. The summed E-state index contributed by atoms with van der Waals surface area (Å²) in [6.45, 7) is 2.80. The number of aromatic nitrogens is 3. The molecule has 3 nitrogen and oxygen atoms in total. The Bertz CT molecular complexity index is 1090. The normalized spacial score (nSPS) is 11.8. The monoisotopic (exact) mass is 361 g/mol. The van der Waals surface area contributed by atoms with E-state index in [0.717, 1.165) is 18.2 Å². The Kier molecular flexibility index (Phi) is 3.82. The Balaban J connectivity index is 2.15. The number of hydrogen-bond acceptors (Lipinski definition) is 2. The zero-order valence-corrected chi connectivity index (χ0v) is 14.5. The first-order valence-corrected chi connectivity index (χ1v) is 8.59. The van der Waals surface area contributed by atoms with Crippen LogP contribution in [0.15, 0.2) is 30.3 Å². The van der Waals surface area contributed by atoms with E-state index in [9.17, 15) is 4.39 Å². The summed E-state index contributed by atoms with van der Waals surface area (Å²) >= 11 is 12.2. The highest BCUT2D eigenvalue weighted by molar-refractivity contribution is 6.42. The van der Waals surface area contributed by atoms with Crippen LogP contribution in [0.5, 0.6) is 0 Å². The maximum absolute atomic E-state index is 14.5. The maximum Gasteiger partial charge on any atom is 0.160 e. The number of unbranched alkanes of at least 4 members (excludes halogenated alkanes) is 1. The number of benzene rings is 2. The average Bonchev–Trinajstić information content (AvgIpc) is 2.86. The lowest BCUT2D eigenvalue weighted by Gasteiger charge is -2.06. The lowest BCUT2D eigenvalue weighted by atomic mass is 10.2. The van der Waals surface area contributed by atoms with Crippen LogP contribution in [0, 0.1) is 5.82 Å². The fraction of sp³-hybridized carbons (Fsp3) is 0.222. The van der Waals surface area contributed by atoms with Gasteiger partial charge >= 0.3 is 0 Å². The minimum Gasteiger partial charge on any atom is -0.321 e. The third kappa shape index (κ3) is 2.33. The number of para-hydroxylation sites is 1. The Hall–Kier alpha value is -1.91. The van der Waals surface area contributed by atoms with E-state index in [4.69, 9.17) is 28.2 Å². The van der Waals surface area contributed by atoms with Gasteiger partial charge < -0.3 is 4.57 Å². The predicted molar refractivity (Wildman–Crippen MR) is 97.4 cm³/mol. The van der Waals surface area contributed by atoms with Crippen LogP contribution in [-0.2, 0) is 6.54 Å². The summed E-state index contributed by atoms with van der Waals surface area (Å²) < 4.78 is 16.4. The Morgan fingerprint density at radius 2 is 1.79 bits per heavy atom. The standard InChI is InChI=1S/C18H14Cl2FN3/c1-2-3-7-24-17-10(5-4-6-13(17)21)16-18(24)23-15-9-12(20)11(19)8-14(15)22-16/h4-6,8-9H,2-3,7H2,1H3. The highest BCUT2D eigenvalue weighted by Crippen LogP contribution is 2.32. The average molecular weight is 362 g/mol. The van der Waals surface area contributed by atoms with Gasteiger partial charge in [-0.25, -0.2) is 14.4 Å². The number of fused-ring (bicyclic) bond motifs is 4. The lowest BCUT2D eigenvalue weighted by molar-refractivity contribution is 0.612. The number of hydrogen-bond donors (Lipinski definition) is 0. The molecule has 0 aliphatic heterocycles. The number of aryl methyl sites for hydroxylation is 1. The van der Waals surface area contributed by atoms with Crippen molar-refractivity contribution in [3.8, 4) is 0 Å². The van der Waals surface area contributed by atoms with Gasteiger partial charge in [0.1, 0.15) is 11.3 Å². The van der Waals surface area contributed by atoms with Crippen molar-refractivity contribution in [2.24, 2.45) is 0 Å². The zero-order chi connectivity index (χ0) is 16.8. The van der Waals surface area contributed by atoms with Crippen LogP contribution in [0.2, 0.25) is 10.0 Å². The smallest absolute Gasteiger partial charge is 0.160 e. The van der Waals surface area contributed by atoms with Gasteiger partial charge in [-0.3, -0.25) is 0 Å². The molecule has 2 aromatic heterocycles. The van der Waals surface area contributed by atoms with Gasteiger partial charge in [-0.15, -0.1) is 0 Å². The van der Waals surface area contributed by atoms with Gasteiger partial charge in [0.2, 0.25) is 0 Å². The van der Waals surface area contributed by atoms with Crippen LogP contribution in [0.25, 0.3) is 33.1 Å². The maximum atomic E-state index is 14.5. The SMILES string of the molecule is CCCCn1c2nc3cc(Cl)c(Cl)cc3nc2c2cccc(F)c21. The van der Waals surface area contributed by atoms with Crippen LogP contribution in [0.1, 0.15) is 19.8 Å². The molecule has 0 saturated carbocycles. The third-order valence-electron chi connectivity index (χ3n) is 4.19. The van der Waals surface area contributed by atoms with Crippen LogP contribution >= 0.6 is 23.2 Å². The molecule has 0 aliphatic carbocycles. The van der Waals surface area contributed by atoms with Crippen molar-refractivity contribution < 1.29 is 4.39 Å². The van der Waals surface area contributed by atoms with E-state index < -0.39 is 0 Å². The molecule has 24 heavy (non-hydrogen) atoms. The molecule has 2 aromatic carbocycles. The molecule has 0 aliphatic rings. The largest absolute Gasteiger partial charge is 0.321 e. The molecule has 0 atom stereocenters. The number of rotatable bonds is 3. The molecule has 0 amide bonds. The van der Waals surface area contributed by atoms with Crippen molar-refractivity contribution in [3.05, 3.63) is 46.2 Å². The molecule has 0 unspecified atom stereocenters. The lowest BCUT2D eigenvalue weighted by Crippen LogP contribution is -2.00. The molecule has 0 spiro atoms. The van der Waals surface area contributed by atoms with Crippen molar-refractivity contribution >= 4 is 56.3 Å². The second-order valence-corrected chi connectivity index (χ2v) is 6.61. The molecule has 6 heteroatoms. The van der Waals surface area contributed by atoms with E-state index in [1.54, 1.807) is 18.2 Å². The summed E-state index contributed by atoms with van der Waals surface area (Å²) in [6.07, 6.45) is 1.95. The van der Waals surface area contributed by atoms with Gasteiger partial charge in [0.25, 0.3) is 0 Å². The first kappa shape index (κ1) is 15.6. The minimum atomic E-state index is -0.261. The van der Waals surface area contributed by atoms with Crippen molar-refractivity contribution in [1.29, 1.82) is 0 Å². The number of nitrogens with zero attached hydrogens (tertiary/aromatic N) is 3. The van der Waals surface area contributed by atoms with Gasteiger partial charge in [-0.1, -0.05) is 48.7 Å². The van der Waals surface area contributed by atoms with Gasteiger partial charge in [-0.05, 0) is 24.6 Å². The zero-order valence-electron chi connectivity index (χ0n) is 13.0. The molecule has 0 saturated heterocycles. The Labute approximate surface area is 148 Å². The van der Waals surface area contributed by atoms with Crippen molar-refractivity contribution in [2.45, 2.75) is 26.3 Å². The Morgan fingerprint density at radius 1 is 1.08 bits per heavy atom. The molecule has 122 valence electrons. The molecule has 0 fully saturated rings. The molecular weight excluding hydrogens is 348 g/mol. The van der Waals surface area contributed by atoms with E-state index in [2.05, 4.69) is 11.9 Å². The van der Waals surface area contributed by atoms with Crippen LogP contribution in [0.3, 0.4) is 0 Å². The second kappa shape index (κ2) is 5.87. The number of halogens is 3.